The van der Waals surface area contributed by atoms with Gasteiger partial charge >= 0.3 is 0 Å². The summed E-state index contributed by atoms with van der Waals surface area (Å²) in [6.45, 7) is -0.0448. The van der Waals surface area contributed by atoms with Crippen molar-refractivity contribution >= 4 is 44.8 Å². The van der Waals surface area contributed by atoms with Gasteiger partial charge in [0.25, 0.3) is 5.91 Å². The van der Waals surface area contributed by atoms with E-state index in [4.69, 9.17) is 23.2 Å². The van der Waals surface area contributed by atoms with Crippen LogP contribution in [-0.4, -0.2) is 14.3 Å². The van der Waals surface area contributed by atoms with Crippen molar-refractivity contribution in [3.05, 3.63) is 93.7 Å². The van der Waals surface area contributed by atoms with Crippen LogP contribution < -0.4 is 10.0 Å². The van der Waals surface area contributed by atoms with Gasteiger partial charge in [-0.1, -0.05) is 47.5 Å². The first-order chi connectivity index (χ1) is 13.8. The van der Waals surface area contributed by atoms with Crippen molar-refractivity contribution in [3.8, 4) is 0 Å². The quantitative estimate of drug-likeness (QED) is 0.560. The Labute approximate surface area is 177 Å². The average Bonchev–Trinajstić information content (AvgIpc) is 2.69. The predicted molar refractivity (Wildman–Crippen MR) is 111 cm³/mol. The van der Waals surface area contributed by atoms with Gasteiger partial charge in [-0.25, -0.2) is 17.5 Å². The largest absolute Gasteiger partial charge is 0.319 e. The Morgan fingerprint density at radius 2 is 1.72 bits per heavy atom. The molecular formula is C20H15Cl2FN2O3S. The van der Waals surface area contributed by atoms with Gasteiger partial charge in [0.15, 0.2) is 0 Å². The number of rotatable bonds is 6. The Morgan fingerprint density at radius 3 is 2.41 bits per heavy atom. The SMILES string of the molecule is O=C(Nc1ccc(S(=O)(=O)NCc2ccccc2Cl)cc1F)c1cccc(Cl)c1. The minimum Gasteiger partial charge on any atom is -0.319 e. The van der Waals surface area contributed by atoms with Crippen LogP contribution in [0.25, 0.3) is 0 Å². The number of carbonyl (C=O) groups excluding carboxylic acids is 1. The molecule has 5 nitrogen and oxygen atoms in total. The molecule has 0 heterocycles. The fraction of sp³-hybridized carbons (Fsp3) is 0.0500. The first kappa shape index (κ1) is 21.3. The third-order valence-electron chi connectivity index (χ3n) is 4.00. The molecular weight excluding hydrogens is 438 g/mol. The molecule has 0 unspecified atom stereocenters. The fourth-order valence-corrected chi connectivity index (χ4v) is 3.90. The molecule has 0 radical (unpaired) electrons. The third kappa shape index (κ3) is 5.33. The minimum atomic E-state index is -3.98. The normalized spacial score (nSPS) is 11.3. The highest BCUT2D eigenvalue weighted by Gasteiger charge is 2.18. The average molecular weight is 453 g/mol. The monoisotopic (exact) mass is 452 g/mol. The van der Waals surface area contributed by atoms with Crippen LogP contribution in [0.2, 0.25) is 10.0 Å². The standard InChI is InChI=1S/C20H15Cl2FN2O3S/c21-15-6-3-5-13(10-15)20(26)25-19-9-8-16(11-18(19)23)29(27,28)24-12-14-4-1-2-7-17(14)22/h1-11,24H,12H2,(H,25,26). The smallest absolute Gasteiger partial charge is 0.255 e. The summed E-state index contributed by atoms with van der Waals surface area (Å²) in [5.41, 5.74) is 0.679. The van der Waals surface area contributed by atoms with Crippen LogP contribution in [0.4, 0.5) is 10.1 Å². The van der Waals surface area contributed by atoms with Crippen LogP contribution in [0.1, 0.15) is 15.9 Å². The summed E-state index contributed by atoms with van der Waals surface area (Å²) in [5.74, 6) is -1.46. The zero-order chi connectivity index (χ0) is 21.0. The molecule has 29 heavy (non-hydrogen) atoms. The Bertz CT molecular complexity index is 1170. The molecule has 0 aliphatic heterocycles. The van der Waals surface area contributed by atoms with Gasteiger partial charge in [0.2, 0.25) is 10.0 Å². The fourth-order valence-electron chi connectivity index (χ4n) is 2.49. The maximum Gasteiger partial charge on any atom is 0.255 e. The van der Waals surface area contributed by atoms with Crippen LogP contribution in [0.15, 0.2) is 71.6 Å². The number of halogens is 3. The number of carbonyl (C=O) groups is 1. The lowest BCUT2D eigenvalue weighted by molar-refractivity contribution is 0.102. The number of amides is 1. The molecule has 0 aliphatic rings. The summed E-state index contributed by atoms with van der Waals surface area (Å²) in [7, 11) is -3.98. The van der Waals surface area contributed by atoms with Gasteiger partial charge in [-0.05, 0) is 48.0 Å². The first-order valence-electron chi connectivity index (χ1n) is 8.36. The summed E-state index contributed by atoms with van der Waals surface area (Å²) in [4.78, 5) is 11.9. The van der Waals surface area contributed by atoms with Gasteiger partial charge in [-0.15, -0.1) is 0 Å². The van der Waals surface area contributed by atoms with Crippen molar-refractivity contribution in [2.24, 2.45) is 0 Å². The number of hydrogen-bond acceptors (Lipinski definition) is 3. The van der Waals surface area contributed by atoms with Crippen molar-refractivity contribution in [1.29, 1.82) is 0 Å². The van der Waals surface area contributed by atoms with E-state index in [0.717, 1.165) is 6.07 Å². The molecule has 0 aliphatic carbocycles. The highest BCUT2D eigenvalue weighted by atomic mass is 35.5. The van der Waals surface area contributed by atoms with Crippen LogP contribution in [0.5, 0.6) is 0 Å². The van der Waals surface area contributed by atoms with E-state index >= 15 is 0 Å². The van der Waals surface area contributed by atoms with Crippen molar-refractivity contribution in [3.63, 3.8) is 0 Å². The molecule has 1 amide bonds. The van der Waals surface area contributed by atoms with E-state index in [1.807, 2.05) is 0 Å². The van der Waals surface area contributed by atoms with Crippen LogP contribution >= 0.6 is 23.2 Å². The van der Waals surface area contributed by atoms with Crippen molar-refractivity contribution < 1.29 is 17.6 Å². The lowest BCUT2D eigenvalue weighted by Crippen LogP contribution is -2.23. The molecule has 0 spiro atoms. The number of benzene rings is 3. The Hall–Kier alpha value is -2.45. The molecule has 2 N–H and O–H groups in total. The maximum absolute atomic E-state index is 14.4. The predicted octanol–water partition coefficient (Wildman–Crippen LogP) is 4.86. The van der Waals surface area contributed by atoms with E-state index in [1.54, 1.807) is 36.4 Å². The van der Waals surface area contributed by atoms with Gasteiger partial charge < -0.3 is 5.32 Å². The van der Waals surface area contributed by atoms with E-state index < -0.39 is 21.7 Å². The van der Waals surface area contributed by atoms with Gasteiger partial charge in [0.05, 0.1) is 10.6 Å². The van der Waals surface area contributed by atoms with Crippen LogP contribution in [-0.2, 0) is 16.6 Å². The molecule has 150 valence electrons. The van der Waals surface area contributed by atoms with E-state index in [1.165, 1.54) is 24.3 Å². The zero-order valence-corrected chi connectivity index (χ0v) is 17.2. The van der Waals surface area contributed by atoms with Gasteiger partial charge in [-0.3, -0.25) is 4.79 Å². The number of nitrogens with one attached hydrogen (secondary N) is 2. The van der Waals surface area contributed by atoms with E-state index in [-0.39, 0.29) is 22.7 Å². The third-order valence-corrected chi connectivity index (χ3v) is 6.00. The Balaban J connectivity index is 1.74. The summed E-state index contributed by atoms with van der Waals surface area (Å²) < 4.78 is 41.7. The van der Waals surface area contributed by atoms with Gasteiger partial charge in [0, 0.05) is 22.2 Å². The number of sulfonamides is 1. The summed E-state index contributed by atoms with van der Waals surface area (Å²) in [6, 6.07) is 16.2. The van der Waals surface area contributed by atoms with E-state index in [0.29, 0.717) is 15.6 Å². The molecule has 0 aromatic heterocycles. The van der Waals surface area contributed by atoms with E-state index in [9.17, 15) is 17.6 Å². The summed E-state index contributed by atoms with van der Waals surface area (Å²) in [6.07, 6.45) is 0. The molecule has 0 saturated heterocycles. The maximum atomic E-state index is 14.4. The Morgan fingerprint density at radius 1 is 0.966 bits per heavy atom. The highest BCUT2D eigenvalue weighted by Crippen LogP contribution is 2.21. The second-order valence-corrected chi connectivity index (χ2v) is 8.63. The molecule has 3 rings (SSSR count). The topological polar surface area (TPSA) is 75.3 Å². The molecule has 0 bridgehead atoms. The van der Waals surface area contributed by atoms with E-state index in [2.05, 4.69) is 10.0 Å². The minimum absolute atomic E-state index is 0.0448. The molecule has 3 aromatic rings. The van der Waals surface area contributed by atoms with Crippen LogP contribution in [0.3, 0.4) is 0 Å². The second kappa shape index (κ2) is 8.92. The molecule has 9 heteroatoms. The molecule has 0 fully saturated rings. The van der Waals surface area contributed by atoms with Crippen LogP contribution in [0, 0.1) is 5.82 Å². The highest BCUT2D eigenvalue weighted by molar-refractivity contribution is 7.89. The number of hydrogen-bond donors (Lipinski definition) is 2. The van der Waals surface area contributed by atoms with Crippen molar-refractivity contribution in [1.82, 2.24) is 4.72 Å². The first-order valence-corrected chi connectivity index (χ1v) is 10.6. The van der Waals surface area contributed by atoms with Gasteiger partial charge in [0.1, 0.15) is 5.82 Å². The lowest BCUT2D eigenvalue weighted by atomic mass is 10.2. The van der Waals surface area contributed by atoms with Crippen molar-refractivity contribution in [2.45, 2.75) is 11.4 Å². The Kier molecular flexibility index (Phi) is 6.54. The second-order valence-electron chi connectivity index (χ2n) is 6.02. The number of anilines is 1. The summed E-state index contributed by atoms with van der Waals surface area (Å²) >= 11 is 11.9. The van der Waals surface area contributed by atoms with Crippen molar-refractivity contribution in [2.75, 3.05) is 5.32 Å². The molecule has 3 aromatic carbocycles. The lowest BCUT2D eigenvalue weighted by Gasteiger charge is -2.11. The molecule has 0 atom stereocenters. The molecule has 0 saturated carbocycles. The zero-order valence-electron chi connectivity index (χ0n) is 14.8. The summed E-state index contributed by atoms with van der Waals surface area (Å²) in [5, 5.41) is 3.17. The van der Waals surface area contributed by atoms with Gasteiger partial charge in [-0.2, -0.15) is 0 Å².